The quantitative estimate of drug-likeness (QED) is 0.448. The lowest BCUT2D eigenvalue weighted by Crippen LogP contribution is -2.39. The van der Waals surface area contributed by atoms with Gasteiger partial charge in [0.15, 0.2) is 11.3 Å². The molecule has 3 atom stereocenters. The predicted molar refractivity (Wildman–Crippen MR) is 145 cm³/mol. The highest BCUT2D eigenvalue weighted by Gasteiger charge is 2.45. The van der Waals surface area contributed by atoms with Gasteiger partial charge in [0.05, 0.1) is 29.4 Å². The van der Waals surface area contributed by atoms with Crippen molar-refractivity contribution < 1.29 is 14.3 Å². The van der Waals surface area contributed by atoms with Crippen LogP contribution in [0.15, 0.2) is 24.4 Å². The molecule has 1 saturated carbocycles. The van der Waals surface area contributed by atoms with Crippen molar-refractivity contribution in [3.05, 3.63) is 46.4 Å². The molecule has 3 aliphatic rings. The first-order valence-corrected chi connectivity index (χ1v) is 13.7. The molecule has 10 nitrogen and oxygen atoms in total. The van der Waals surface area contributed by atoms with Crippen LogP contribution in [0.3, 0.4) is 0 Å². The molecule has 0 radical (unpaired) electrons. The van der Waals surface area contributed by atoms with E-state index in [1.165, 1.54) is 0 Å². The van der Waals surface area contributed by atoms with E-state index in [4.69, 9.17) is 31.8 Å². The molecule has 3 N–H and O–H groups in total. The van der Waals surface area contributed by atoms with Crippen LogP contribution in [0.25, 0.3) is 11.0 Å². The van der Waals surface area contributed by atoms with Gasteiger partial charge in [0.2, 0.25) is 0 Å². The summed E-state index contributed by atoms with van der Waals surface area (Å²) >= 11 is 6.35. The van der Waals surface area contributed by atoms with E-state index in [1.54, 1.807) is 13.2 Å². The van der Waals surface area contributed by atoms with Crippen molar-refractivity contribution in [2.24, 2.45) is 5.73 Å². The van der Waals surface area contributed by atoms with Crippen LogP contribution in [0, 0.1) is 0 Å². The predicted octanol–water partition coefficient (Wildman–Crippen LogP) is 2.50. The van der Waals surface area contributed by atoms with Crippen LogP contribution < -0.4 is 16.0 Å². The normalized spacial score (nSPS) is 24.0. The zero-order valence-corrected chi connectivity index (χ0v) is 22.6. The highest BCUT2D eigenvalue weighted by atomic mass is 35.5. The van der Waals surface area contributed by atoms with Crippen molar-refractivity contribution in [1.82, 2.24) is 25.1 Å². The van der Waals surface area contributed by atoms with Crippen molar-refractivity contribution in [1.29, 1.82) is 0 Å². The Balaban J connectivity index is 1.08. The second kappa shape index (κ2) is 10.1. The number of aromatic nitrogens is 4. The van der Waals surface area contributed by atoms with Crippen LogP contribution in [0.1, 0.15) is 47.9 Å². The maximum atomic E-state index is 13.0. The molecule has 3 aromatic rings. The second-order valence-electron chi connectivity index (χ2n) is 10.7. The van der Waals surface area contributed by atoms with Crippen molar-refractivity contribution in [3.8, 4) is 0 Å². The van der Waals surface area contributed by atoms with E-state index in [1.807, 2.05) is 17.7 Å². The Kier molecular flexibility index (Phi) is 6.75. The van der Waals surface area contributed by atoms with Gasteiger partial charge in [-0.1, -0.05) is 17.7 Å². The SMILES string of the molecule is CCn1cc(Cl)c2cc(C(=O)NC3CCc4nc(N5CC(N)C(OCC6(OC)CC6)C5)ccc4C3)nnc21. The largest absolute Gasteiger partial charge is 0.376 e. The number of hydrogen-bond donors (Lipinski definition) is 2. The van der Waals surface area contributed by atoms with E-state index in [2.05, 4.69) is 32.5 Å². The molecule has 2 aliphatic carbocycles. The summed E-state index contributed by atoms with van der Waals surface area (Å²) in [7, 11) is 1.75. The van der Waals surface area contributed by atoms with E-state index in [0.717, 1.165) is 67.7 Å². The third kappa shape index (κ3) is 4.86. The Morgan fingerprint density at radius 2 is 2.13 bits per heavy atom. The average Bonchev–Trinajstić information content (AvgIpc) is 3.52. The van der Waals surface area contributed by atoms with Gasteiger partial charge in [-0.05, 0) is 56.7 Å². The van der Waals surface area contributed by atoms with E-state index in [9.17, 15) is 4.79 Å². The number of carbonyl (C=O) groups excluding carboxylic acids is 1. The molecular formula is C27H34ClN7O3. The Labute approximate surface area is 226 Å². The molecule has 0 aromatic carbocycles. The van der Waals surface area contributed by atoms with Crippen LogP contribution in [0.5, 0.6) is 0 Å². The lowest BCUT2D eigenvalue weighted by Gasteiger charge is -2.26. The van der Waals surface area contributed by atoms with Gasteiger partial charge in [-0.3, -0.25) is 4.79 Å². The first kappa shape index (κ1) is 25.5. The van der Waals surface area contributed by atoms with E-state index in [0.29, 0.717) is 23.8 Å². The minimum absolute atomic E-state index is 0.00405. The fourth-order valence-corrected chi connectivity index (χ4v) is 5.78. The molecule has 3 unspecified atom stereocenters. The number of carbonyl (C=O) groups is 1. The van der Waals surface area contributed by atoms with Crippen LogP contribution in [-0.2, 0) is 28.9 Å². The molecule has 1 saturated heterocycles. The van der Waals surface area contributed by atoms with Gasteiger partial charge < -0.3 is 30.0 Å². The highest BCUT2D eigenvalue weighted by molar-refractivity contribution is 6.35. The number of hydrogen-bond acceptors (Lipinski definition) is 8. The number of methoxy groups -OCH3 is 1. The number of halogens is 1. The first-order chi connectivity index (χ1) is 18.4. The fraction of sp³-hybridized carbons (Fsp3) is 0.556. The summed E-state index contributed by atoms with van der Waals surface area (Å²) in [6.07, 6.45) is 6.21. The topological polar surface area (TPSA) is 120 Å². The highest BCUT2D eigenvalue weighted by Crippen LogP contribution is 2.39. The summed E-state index contributed by atoms with van der Waals surface area (Å²) < 4.78 is 13.6. The van der Waals surface area contributed by atoms with Crippen molar-refractivity contribution in [2.75, 3.05) is 31.7 Å². The summed E-state index contributed by atoms with van der Waals surface area (Å²) in [5.41, 5.74) is 9.49. The molecule has 1 aliphatic heterocycles. The summed E-state index contributed by atoms with van der Waals surface area (Å²) in [5, 5.41) is 12.8. The van der Waals surface area contributed by atoms with Crippen LogP contribution in [0.2, 0.25) is 5.02 Å². The molecule has 11 heteroatoms. The number of amides is 1. The maximum absolute atomic E-state index is 13.0. The van der Waals surface area contributed by atoms with Gasteiger partial charge in [0.1, 0.15) is 5.82 Å². The Morgan fingerprint density at radius 1 is 1.29 bits per heavy atom. The Morgan fingerprint density at radius 3 is 2.89 bits per heavy atom. The zero-order chi connectivity index (χ0) is 26.4. The molecule has 38 heavy (non-hydrogen) atoms. The smallest absolute Gasteiger partial charge is 0.272 e. The van der Waals surface area contributed by atoms with Gasteiger partial charge >= 0.3 is 0 Å². The van der Waals surface area contributed by atoms with Gasteiger partial charge in [-0.2, -0.15) is 0 Å². The number of anilines is 1. The molecule has 0 spiro atoms. The lowest BCUT2D eigenvalue weighted by atomic mass is 9.91. The molecular weight excluding hydrogens is 506 g/mol. The monoisotopic (exact) mass is 539 g/mol. The summed E-state index contributed by atoms with van der Waals surface area (Å²) in [6, 6.07) is 5.84. The third-order valence-electron chi connectivity index (χ3n) is 8.17. The molecule has 1 amide bonds. The molecule has 6 rings (SSSR count). The van der Waals surface area contributed by atoms with Gasteiger partial charge in [0.25, 0.3) is 5.91 Å². The van der Waals surface area contributed by atoms with E-state index >= 15 is 0 Å². The molecule has 3 aromatic heterocycles. The number of pyridine rings is 1. The number of nitrogens with one attached hydrogen (secondary N) is 1. The minimum Gasteiger partial charge on any atom is -0.376 e. The van der Waals surface area contributed by atoms with Gasteiger partial charge in [-0.25, -0.2) is 4.98 Å². The van der Waals surface area contributed by atoms with Crippen LogP contribution in [-0.4, -0.2) is 76.3 Å². The Hall–Kier alpha value is -2.79. The van der Waals surface area contributed by atoms with Crippen molar-refractivity contribution >= 4 is 34.4 Å². The lowest BCUT2D eigenvalue weighted by molar-refractivity contribution is -0.0383. The van der Waals surface area contributed by atoms with Gasteiger partial charge in [-0.15, -0.1) is 10.2 Å². The number of nitrogens with two attached hydrogens (primary N) is 1. The first-order valence-electron chi connectivity index (χ1n) is 13.4. The number of rotatable bonds is 8. The summed E-state index contributed by atoms with van der Waals surface area (Å²) in [5.74, 6) is 0.691. The Bertz CT molecular complexity index is 1360. The van der Waals surface area contributed by atoms with Crippen LogP contribution in [0.4, 0.5) is 5.82 Å². The van der Waals surface area contributed by atoms with Gasteiger partial charge in [0, 0.05) is 50.1 Å². The molecule has 0 bridgehead atoms. The van der Waals surface area contributed by atoms with Crippen molar-refractivity contribution in [2.45, 2.75) is 69.4 Å². The maximum Gasteiger partial charge on any atom is 0.272 e. The number of aryl methyl sites for hydroxylation is 2. The van der Waals surface area contributed by atoms with Crippen molar-refractivity contribution in [3.63, 3.8) is 0 Å². The summed E-state index contributed by atoms with van der Waals surface area (Å²) in [6.45, 7) is 4.77. The number of ether oxygens (including phenoxy) is 2. The zero-order valence-electron chi connectivity index (χ0n) is 21.8. The second-order valence-corrected chi connectivity index (χ2v) is 11.1. The van der Waals surface area contributed by atoms with E-state index < -0.39 is 0 Å². The van der Waals surface area contributed by atoms with Crippen LogP contribution >= 0.6 is 11.6 Å². The molecule has 202 valence electrons. The third-order valence-corrected chi connectivity index (χ3v) is 8.47. The fourth-order valence-electron chi connectivity index (χ4n) is 5.52. The minimum atomic E-state index is -0.240. The number of fused-ring (bicyclic) bond motifs is 2. The molecule has 4 heterocycles. The molecule has 2 fully saturated rings. The van der Waals surface area contributed by atoms with E-state index in [-0.39, 0.29) is 35.4 Å². The summed E-state index contributed by atoms with van der Waals surface area (Å²) in [4.78, 5) is 20.1. The average molecular weight is 540 g/mol. The standard InChI is InChI=1S/C27H34ClN7O3/c1-3-34-12-19(28)18-11-22(32-33-25(18)34)26(36)30-17-5-6-21-16(10-17)4-7-24(31-21)35-13-20(29)23(14-35)38-15-27(37-2)8-9-27/h4,7,11-12,17,20,23H,3,5-6,8-10,13-15,29H2,1-2H3,(H,30,36). The number of nitrogens with zero attached hydrogens (tertiary/aromatic N) is 5.